The van der Waals surface area contributed by atoms with Crippen molar-refractivity contribution >= 4 is 62.2 Å². The van der Waals surface area contributed by atoms with E-state index in [4.69, 9.17) is 23.8 Å². The maximum absolute atomic E-state index is 12.3. The minimum atomic E-state index is -0.420. The number of nitrogens with one attached hydrogen (secondary N) is 3. The van der Waals surface area contributed by atoms with Gasteiger partial charge >= 0.3 is 0 Å². The molecule has 0 bridgehead atoms. The largest absolute Gasteiger partial charge is 0.302 e. The molecule has 0 unspecified atom stereocenters. The molecule has 1 heterocycles. The highest BCUT2D eigenvalue weighted by molar-refractivity contribution is 7.80. The number of rotatable bonds is 3. The molecule has 1 aromatic heterocycles. The normalized spacial score (nSPS) is 10.4. The Balaban J connectivity index is 1.55. The number of hydrazine groups is 1. The summed E-state index contributed by atoms with van der Waals surface area (Å²) in [6.45, 7) is 1.94. The van der Waals surface area contributed by atoms with Crippen LogP contribution in [0, 0.1) is 6.92 Å². The van der Waals surface area contributed by atoms with E-state index in [0.29, 0.717) is 9.90 Å². The fraction of sp³-hybridized carbons (Fsp3) is 0.105. The van der Waals surface area contributed by atoms with Crippen molar-refractivity contribution in [3.8, 4) is 0 Å². The Bertz CT molecular complexity index is 1030. The molecule has 0 radical (unpaired) electrons. The molecular formula is C19H16ClN3O2S2. The average Bonchev–Trinajstić information content (AvgIpc) is 2.99. The van der Waals surface area contributed by atoms with Gasteiger partial charge in [-0.3, -0.25) is 20.4 Å². The molecule has 0 aliphatic rings. The number of aryl methyl sites for hydroxylation is 1. The van der Waals surface area contributed by atoms with Crippen molar-refractivity contribution in [2.45, 2.75) is 13.3 Å². The van der Waals surface area contributed by atoms with E-state index >= 15 is 0 Å². The quantitative estimate of drug-likeness (QED) is 0.448. The average molecular weight is 418 g/mol. The van der Waals surface area contributed by atoms with Gasteiger partial charge in [0.1, 0.15) is 4.88 Å². The van der Waals surface area contributed by atoms with Gasteiger partial charge in [-0.15, -0.1) is 11.3 Å². The molecule has 138 valence electrons. The van der Waals surface area contributed by atoms with E-state index in [1.54, 1.807) is 0 Å². The highest BCUT2D eigenvalue weighted by Crippen LogP contribution is 2.34. The van der Waals surface area contributed by atoms with Crippen LogP contribution >= 0.6 is 35.2 Å². The zero-order valence-corrected chi connectivity index (χ0v) is 16.7. The van der Waals surface area contributed by atoms with Crippen LogP contribution < -0.4 is 16.2 Å². The van der Waals surface area contributed by atoms with Crippen molar-refractivity contribution in [1.29, 1.82) is 0 Å². The van der Waals surface area contributed by atoms with Crippen LogP contribution in [0.1, 0.15) is 20.8 Å². The van der Waals surface area contributed by atoms with Gasteiger partial charge in [-0.1, -0.05) is 54.1 Å². The summed E-state index contributed by atoms with van der Waals surface area (Å²) in [5.74, 6) is -0.687. The van der Waals surface area contributed by atoms with Crippen molar-refractivity contribution in [3.05, 3.63) is 69.6 Å². The third-order valence-electron chi connectivity index (χ3n) is 3.90. The van der Waals surface area contributed by atoms with E-state index in [1.165, 1.54) is 11.3 Å². The standard InChI is InChI=1S/C19H16ClN3O2S2/c1-11-6-2-3-7-12(11)10-15(24)21-19(26)23-22-18(25)17-16(20)13-8-4-5-9-14(13)27-17/h2-9H,10H2,1H3,(H,22,25)(H2,21,23,24,26). The van der Waals surface area contributed by atoms with E-state index in [1.807, 2.05) is 55.5 Å². The first kappa shape index (κ1) is 19.3. The smallest absolute Gasteiger partial charge is 0.281 e. The molecule has 5 nitrogen and oxygen atoms in total. The van der Waals surface area contributed by atoms with Gasteiger partial charge in [-0.25, -0.2) is 0 Å². The summed E-state index contributed by atoms with van der Waals surface area (Å²) in [6.07, 6.45) is 0.199. The first-order valence-electron chi connectivity index (χ1n) is 8.07. The summed E-state index contributed by atoms with van der Waals surface area (Å²) in [5, 5.41) is 3.77. The molecular weight excluding hydrogens is 402 g/mol. The van der Waals surface area contributed by atoms with Gasteiger partial charge in [0.25, 0.3) is 5.91 Å². The van der Waals surface area contributed by atoms with Crippen LogP contribution in [0.25, 0.3) is 10.1 Å². The molecule has 0 spiro atoms. The third kappa shape index (κ3) is 4.63. The van der Waals surface area contributed by atoms with Crippen molar-refractivity contribution in [2.24, 2.45) is 0 Å². The second kappa shape index (κ2) is 8.47. The zero-order chi connectivity index (χ0) is 19.4. The lowest BCUT2D eigenvalue weighted by atomic mass is 10.1. The maximum Gasteiger partial charge on any atom is 0.281 e. The lowest BCUT2D eigenvalue weighted by Gasteiger charge is -2.11. The Morgan fingerprint density at radius 1 is 1.07 bits per heavy atom. The molecule has 3 N–H and O–H groups in total. The van der Waals surface area contributed by atoms with Crippen molar-refractivity contribution in [3.63, 3.8) is 0 Å². The van der Waals surface area contributed by atoms with Gasteiger partial charge in [-0.05, 0) is 36.3 Å². The SMILES string of the molecule is Cc1ccccc1CC(=O)NC(=S)NNC(=O)c1sc2ccccc2c1Cl. The molecule has 8 heteroatoms. The van der Waals surface area contributed by atoms with Crippen LogP contribution in [0.4, 0.5) is 0 Å². The molecule has 0 aliphatic carbocycles. The molecule has 3 aromatic rings. The van der Waals surface area contributed by atoms with E-state index in [2.05, 4.69) is 16.2 Å². The van der Waals surface area contributed by atoms with Crippen LogP contribution in [-0.2, 0) is 11.2 Å². The summed E-state index contributed by atoms with van der Waals surface area (Å²) < 4.78 is 0.918. The molecule has 0 atom stereocenters. The van der Waals surface area contributed by atoms with Gasteiger partial charge < -0.3 is 5.32 Å². The monoisotopic (exact) mass is 417 g/mol. The number of amides is 2. The Hall–Kier alpha value is -2.48. The van der Waals surface area contributed by atoms with Crippen LogP contribution in [0.2, 0.25) is 5.02 Å². The number of thiophene rings is 1. The Morgan fingerprint density at radius 3 is 2.52 bits per heavy atom. The number of carbonyl (C=O) groups is 2. The fourth-order valence-corrected chi connectivity index (χ4v) is 4.09. The summed E-state index contributed by atoms with van der Waals surface area (Å²) in [5.41, 5.74) is 6.94. The Kier molecular flexibility index (Phi) is 6.05. The number of benzene rings is 2. The zero-order valence-electron chi connectivity index (χ0n) is 14.3. The van der Waals surface area contributed by atoms with E-state index < -0.39 is 5.91 Å². The first-order chi connectivity index (χ1) is 13.0. The summed E-state index contributed by atoms with van der Waals surface area (Å²) in [6, 6.07) is 15.1. The van der Waals surface area contributed by atoms with Crippen molar-refractivity contribution in [1.82, 2.24) is 16.2 Å². The second-order valence-corrected chi connectivity index (χ2v) is 7.64. The lowest BCUT2D eigenvalue weighted by Crippen LogP contribution is -2.48. The van der Waals surface area contributed by atoms with Crippen LogP contribution in [0.3, 0.4) is 0 Å². The molecule has 2 aromatic carbocycles. The topological polar surface area (TPSA) is 70.2 Å². The molecule has 0 saturated heterocycles. The van der Waals surface area contributed by atoms with Gasteiger partial charge in [0.2, 0.25) is 5.91 Å². The van der Waals surface area contributed by atoms with Gasteiger partial charge in [0.05, 0.1) is 11.4 Å². The van der Waals surface area contributed by atoms with Gasteiger partial charge in [0.15, 0.2) is 5.11 Å². The third-order valence-corrected chi connectivity index (χ3v) is 5.77. The Morgan fingerprint density at radius 2 is 1.78 bits per heavy atom. The van der Waals surface area contributed by atoms with Gasteiger partial charge in [-0.2, -0.15) is 0 Å². The first-order valence-corrected chi connectivity index (χ1v) is 9.67. The van der Waals surface area contributed by atoms with E-state index in [-0.39, 0.29) is 17.4 Å². The Labute approximate surface area is 170 Å². The number of fused-ring (bicyclic) bond motifs is 1. The molecule has 3 rings (SSSR count). The number of carbonyl (C=O) groups excluding carboxylic acids is 2. The fourth-order valence-electron chi connectivity index (χ4n) is 2.51. The van der Waals surface area contributed by atoms with Gasteiger partial charge in [0, 0.05) is 10.1 Å². The molecule has 0 fully saturated rings. The number of thiocarbonyl (C=S) groups is 1. The van der Waals surface area contributed by atoms with Crippen LogP contribution in [0.5, 0.6) is 0 Å². The van der Waals surface area contributed by atoms with Crippen molar-refractivity contribution < 1.29 is 9.59 Å². The lowest BCUT2D eigenvalue weighted by molar-refractivity contribution is -0.119. The van der Waals surface area contributed by atoms with Crippen LogP contribution in [0.15, 0.2) is 48.5 Å². The van der Waals surface area contributed by atoms with Crippen molar-refractivity contribution in [2.75, 3.05) is 0 Å². The summed E-state index contributed by atoms with van der Waals surface area (Å²) >= 11 is 12.6. The minimum absolute atomic E-state index is 0.0131. The molecule has 0 saturated carbocycles. The highest BCUT2D eigenvalue weighted by Gasteiger charge is 2.17. The minimum Gasteiger partial charge on any atom is -0.302 e. The summed E-state index contributed by atoms with van der Waals surface area (Å²) in [4.78, 5) is 24.8. The second-order valence-electron chi connectivity index (χ2n) is 5.80. The predicted octanol–water partition coefficient (Wildman–Crippen LogP) is 3.74. The number of hydrogen-bond acceptors (Lipinski definition) is 4. The highest BCUT2D eigenvalue weighted by atomic mass is 35.5. The number of halogens is 1. The van der Waals surface area contributed by atoms with E-state index in [9.17, 15) is 9.59 Å². The van der Waals surface area contributed by atoms with Crippen LogP contribution in [-0.4, -0.2) is 16.9 Å². The summed E-state index contributed by atoms with van der Waals surface area (Å²) in [7, 11) is 0. The van der Waals surface area contributed by atoms with E-state index in [0.717, 1.165) is 21.2 Å². The molecule has 0 aliphatic heterocycles. The predicted molar refractivity (Wildman–Crippen MR) is 113 cm³/mol. The molecule has 2 amide bonds. The molecule has 27 heavy (non-hydrogen) atoms. The number of hydrogen-bond donors (Lipinski definition) is 3. The maximum atomic E-state index is 12.3.